The highest BCUT2D eigenvalue weighted by atomic mass is 16.3. The number of nitrogens with zero attached hydrogens (tertiary/aromatic N) is 1. The quantitative estimate of drug-likeness (QED) is 0.869. The van der Waals surface area contributed by atoms with Crippen molar-refractivity contribution in [1.82, 2.24) is 4.90 Å². The molecule has 21 heavy (non-hydrogen) atoms. The van der Waals surface area contributed by atoms with Gasteiger partial charge in [-0.15, -0.1) is 0 Å². The molecule has 1 aliphatic heterocycles. The van der Waals surface area contributed by atoms with Crippen molar-refractivity contribution in [2.75, 3.05) is 6.54 Å². The number of rotatable bonds is 3. The van der Waals surface area contributed by atoms with Crippen LogP contribution >= 0.6 is 0 Å². The maximum atomic E-state index is 12.1. The van der Waals surface area contributed by atoms with E-state index in [9.17, 15) is 14.7 Å². The molecule has 0 aliphatic carbocycles. The number of carbonyl (C=O) groups excluding carboxylic acids is 2. The predicted octanol–water partition coefficient (Wildman–Crippen LogP) is 2.29. The summed E-state index contributed by atoms with van der Waals surface area (Å²) in [6.07, 6.45) is -0.837. The van der Waals surface area contributed by atoms with E-state index < -0.39 is 6.10 Å². The van der Waals surface area contributed by atoms with Crippen LogP contribution in [0.5, 0.6) is 0 Å². The number of carbonyl (C=O) groups is 2. The van der Waals surface area contributed by atoms with Crippen LogP contribution in [0.15, 0.2) is 12.1 Å². The summed E-state index contributed by atoms with van der Waals surface area (Å²) in [7, 11) is 0. The Kier molecular flexibility index (Phi) is 4.19. The summed E-state index contributed by atoms with van der Waals surface area (Å²) in [6.45, 7) is 9.46. The van der Waals surface area contributed by atoms with E-state index in [0.717, 1.165) is 22.3 Å². The first-order chi connectivity index (χ1) is 9.73. The van der Waals surface area contributed by atoms with E-state index in [4.69, 9.17) is 0 Å². The summed E-state index contributed by atoms with van der Waals surface area (Å²) in [6, 6.07) is 4.01. The largest absolute Gasteiger partial charge is 0.387 e. The first-order valence-corrected chi connectivity index (χ1v) is 7.35. The van der Waals surface area contributed by atoms with Crippen LogP contribution in [0.2, 0.25) is 0 Å². The van der Waals surface area contributed by atoms with Gasteiger partial charge in [-0.1, -0.05) is 31.5 Å². The first kappa shape index (κ1) is 15.7. The van der Waals surface area contributed by atoms with Crippen molar-refractivity contribution < 1.29 is 14.7 Å². The topological polar surface area (TPSA) is 57.6 Å². The van der Waals surface area contributed by atoms with Gasteiger partial charge in [-0.2, -0.15) is 0 Å². The second-order valence-electron chi connectivity index (χ2n) is 6.19. The molecule has 0 radical (unpaired) electrons. The highest BCUT2D eigenvalue weighted by Gasteiger charge is 2.42. The zero-order valence-electron chi connectivity index (χ0n) is 13.3. The molecule has 1 aromatic carbocycles. The first-order valence-electron chi connectivity index (χ1n) is 7.35. The van der Waals surface area contributed by atoms with Crippen LogP contribution in [0.3, 0.4) is 0 Å². The number of imide groups is 1. The average molecular weight is 289 g/mol. The summed E-state index contributed by atoms with van der Waals surface area (Å²) in [5.41, 5.74) is 3.92. The van der Waals surface area contributed by atoms with Crippen LogP contribution in [0.1, 0.15) is 42.2 Å². The zero-order valence-corrected chi connectivity index (χ0v) is 13.3. The van der Waals surface area contributed by atoms with E-state index in [2.05, 4.69) is 0 Å². The lowest BCUT2D eigenvalue weighted by atomic mass is 9.95. The van der Waals surface area contributed by atoms with Crippen LogP contribution in [0.25, 0.3) is 0 Å². The molecule has 2 rings (SSSR count). The number of β-amino-alcohol motifs (C(OH)–C–C–N with tert-alkyl or cyclic N) is 1. The van der Waals surface area contributed by atoms with E-state index in [1.165, 1.54) is 4.90 Å². The highest BCUT2D eigenvalue weighted by Crippen LogP contribution is 2.29. The molecule has 3 atom stereocenters. The van der Waals surface area contributed by atoms with Gasteiger partial charge in [-0.05, 0) is 37.5 Å². The van der Waals surface area contributed by atoms with Crippen LogP contribution < -0.4 is 0 Å². The van der Waals surface area contributed by atoms with Crippen LogP contribution in [0.4, 0.5) is 0 Å². The lowest BCUT2D eigenvalue weighted by molar-refractivity contribution is -0.141. The van der Waals surface area contributed by atoms with E-state index in [1.54, 1.807) is 13.8 Å². The van der Waals surface area contributed by atoms with Gasteiger partial charge < -0.3 is 5.11 Å². The fourth-order valence-electron chi connectivity index (χ4n) is 3.19. The number of aryl methyl sites for hydroxylation is 3. The minimum Gasteiger partial charge on any atom is -0.387 e. The molecule has 1 aliphatic rings. The van der Waals surface area contributed by atoms with Crippen LogP contribution in [0, 0.1) is 32.6 Å². The summed E-state index contributed by atoms with van der Waals surface area (Å²) < 4.78 is 0. The Morgan fingerprint density at radius 2 is 1.48 bits per heavy atom. The molecule has 3 unspecified atom stereocenters. The Morgan fingerprint density at radius 1 is 1.05 bits per heavy atom. The number of likely N-dealkylation sites (tertiary alicyclic amines) is 1. The van der Waals surface area contributed by atoms with Crippen molar-refractivity contribution >= 4 is 11.8 Å². The number of aliphatic hydroxyl groups excluding tert-OH is 1. The van der Waals surface area contributed by atoms with Crippen molar-refractivity contribution in [3.63, 3.8) is 0 Å². The number of benzene rings is 1. The highest BCUT2D eigenvalue weighted by molar-refractivity contribution is 6.04. The van der Waals surface area contributed by atoms with E-state index in [1.807, 2.05) is 32.9 Å². The molecule has 1 saturated heterocycles. The molecule has 1 aromatic rings. The Balaban J connectivity index is 2.25. The van der Waals surface area contributed by atoms with Gasteiger partial charge in [0.15, 0.2) is 0 Å². The normalized spacial score (nSPS) is 23.8. The minimum atomic E-state index is -0.837. The molecule has 0 aromatic heterocycles. The molecule has 1 N–H and O–H groups in total. The Hall–Kier alpha value is -1.68. The van der Waals surface area contributed by atoms with Gasteiger partial charge in [0.2, 0.25) is 11.8 Å². The third-order valence-electron chi connectivity index (χ3n) is 4.49. The van der Waals surface area contributed by atoms with Gasteiger partial charge in [-0.3, -0.25) is 14.5 Å². The van der Waals surface area contributed by atoms with Crippen LogP contribution in [-0.4, -0.2) is 28.4 Å². The second-order valence-corrected chi connectivity index (χ2v) is 6.19. The molecule has 1 fully saturated rings. The standard InChI is InChI=1S/C17H23NO3/c1-9-6-10(2)15(11(3)7-9)14(19)8-18-16(20)12(4)13(5)17(18)21/h6-7,12-14,19H,8H2,1-5H3. The van der Waals surface area contributed by atoms with Crippen molar-refractivity contribution in [2.24, 2.45) is 11.8 Å². The summed E-state index contributed by atoms with van der Waals surface area (Å²) >= 11 is 0. The van der Waals surface area contributed by atoms with Gasteiger partial charge >= 0.3 is 0 Å². The van der Waals surface area contributed by atoms with Gasteiger partial charge in [-0.25, -0.2) is 0 Å². The summed E-state index contributed by atoms with van der Waals surface area (Å²) in [5.74, 6) is -0.974. The van der Waals surface area contributed by atoms with Gasteiger partial charge in [0.25, 0.3) is 0 Å². The van der Waals surface area contributed by atoms with E-state index in [-0.39, 0.29) is 30.2 Å². The molecular weight excluding hydrogens is 266 g/mol. The van der Waals surface area contributed by atoms with Crippen molar-refractivity contribution in [1.29, 1.82) is 0 Å². The second kappa shape index (κ2) is 5.60. The average Bonchev–Trinajstić information content (AvgIpc) is 2.55. The SMILES string of the molecule is Cc1cc(C)c(C(O)CN2C(=O)C(C)C(C)C2=O)c(C)c1. The lowest BCUT2D eigenvalue weighted by Gasteiger charge is -2.22. The van der Waals surface area contributed by atoms with Gasteiger partial charge in [0.05, 0.1) is 12.6 Å². The number of hydrogen-bond acceptors (Lipinski definition) is 3. The number of aliphatic hydroxyl groups is 1. The Labute approximate surface area is 125 Å². The summed E-state index contributed by atoms with van der Waals surface area (Å²) in [4.78, 5) is 25.4. The number of hydrogen-bond donors (Lipinski definition) is 1. The molecule has 0 spiro atoms. The van der Waals surface area contributed by atoms with Gasteiger partial charge in [0, 0.05) is 11.8 Å². The molecular formula is C17H23NO3. The monoisotopic (exact) mass is 289 g/mol. The molecule has 2 amide bonds. The molecule has 0 bridgehead atoms. The molecule has 0 saturated carbocycles. The fourth-order valence-corrected chi connectivity index (χ4v) is 3.19. The lowest BCUT2D eigenvalue weighted by Crippen LogP contribution is -2.35. The van der Waals surface area contributed by atoms with Crippen molar-refractivity contribution in [3.05, 3.63) is 34.4 Å². The molecule has 114 valence electrons. The maximum absolute atomic E-state index is 12.1. The minimum absolute atomic E-state index is 0.0388. The zero-order chi connectivity index (χ0) is 15.9. The van der Waals surface area contributed by atoms with Crippen LogP contribution in [-0.2, 0) is 9.59 Å². The van der Waals surface area contributed by atoms with Gasteiger partial charge in [0.1, 0.15) is 0 Å². The third-order valence-corrected chi connectivity index (χ3v) is 4.49. The molecule has 4 nitrogen and oxygen atoms in total. The van der Waals surface area contributed by atoms with E-state index >= 15 is 0 Å². The Bertz CT molecular complexity index is 551. The maximum Gasteiger partial charge on any atom is 0.232 e. The fraction of sp³-hybridized carbons (Fsp3) is 0.529. The van der Waals surface area contributed by atoms with Crippen molar-refractivity contribution in [2.45, 2.75) is 40.7 Å². The molecule has 1 heterocycles. The van der Waals surface area contributed by atoms with Crippen molar-refractivity contribution in [3.8, 4) is 0 Å². The smallest absolute Gasteiger partial charge is 0.232 e. The summed E-state index contributed by atoms with van der Waals surface area (Å²) in [5, 5.41) is 10.5. The third kappa shape index (κ3) is 2.72. The van der Waals surface area contributed by atoms with E-state index in [0.29, 0.717) is 0 Å². The predicted molar refractivity (Wildman–Crippen MR) is 80.7 cm³/mol. The Morgan fingerprint density at radius 3 is 1.90 bits per heavy atom. The number of amides is 2. The molecule has 4 heteroatoms.